The highest BCUT2D eigenvalue weighted by molar-refractivity contribution is 7.99. The van der Waals surface area contributed by atoms with E-state index in [4.69, 9.17) is 0 Å². The summed E-state index contributed by atoms with van der Waals surface area (Å²) in [5.41, 5.74) is 0. The van der Waals surface area contributed by atoms with Gasteiger partial charge in [-0.25, -0.2) is 0 Å². The first-order valence-electron chi connectivity index (χ1n) is 6.42. The molecule has 0 saturated carbocycles. The molecule has 0 bridgehead atoms. The Morgan fingerprint density at radius 2 is 2.12 bits per heavy atom. The van der Waals surface area contributed by atoms with Crippen LogP contribution < -0.4 is 10.6 Å². The Hall–Kier alpha value is -0.220. The van der Waals surface area contributed by atoms with Crippen LogP contribution >= 0.6 is 11.8 Å². The maximum Gasteiger partial charge on any atom is 0.223 e. The molecule has 4 heteroatoms. The topological polar surface area (TPSA) is 41.1 Å². The standard InChI is InChI=1S/C12H22N2OS/c15-12(11-3-7-16-8-4-11)14-6-2-10-1-5-13-9-10/h10-11,13H,1-9H2,(H,14,15). The van der Waals surface area contributed by atoms with Gasteiger partial charge in [0.2, 0.25) is 5.91 Å². The maximum absolute atomic E-state index is 11.8. The van der Waals surface area contributed by atoms with Crippen molar-refractivity contribution in [2.24, 2.45) is 11.8 Å². The number of hydrogen-bond acceptors (Lipinski definition) is 3. The largest absolute Gasteiger partial charge is 0.356 e. The summed E-state index contributed by atoms with van der Waals surface area (Å²) < 4.78 is 0. The van der Waals surface area contributed by atoms with Gasteiger partial charge in [0.15, 0.2) is 0 Å². The van der Waals surface area contributed by atoms with Crippen LogP contribution in [0.3, 0.4) is 0 Å². The molecule has 0 spiro atoms. The van der Waals surface area contributed by atoms with Gasteiger partial charge in [0.25, 0.3) is 0 Å². The van der Waals surface area contributed by atoms with Gasteiger partial charge in [-0.3, -0.25) is 4.79 Å². The number of thioether (sulfide) groups is 1. The Morgan fingerprint density at radius 3 is 2.81 bits per heavy atom. The van der Waals surface area contributed by atoms with Crippen molar-refractivity contribution in [1.29, 1.82) is 0 Å². The van der Waals surface area contributed by atoms with Gasteiger partial charge in [-0.1, -0.05) is 0 Å². The van der Waals surface area contributed by atoms with E-state index in [0.717, 1.165) is 56.3 Å². The number of carbonyl (C=O) groups is 1. The van der Waals surface area contributed by atoms with Crippen LogP contribution in [-0.4, -0.2) is 37.0 Å². The minimum absolute atomic E-state index is 0.294. The van der Waals surface area contributed by atoms with Crippen LogP contribution in [0.4, 0.5) is 0 Å². The van der Waals surface area contributed by atoms with E-state index in [-0.39, 0.29) is 0 Å². The van der Waals surface area contributed by atoms with Crippen molar-refractivity contribution in [3.05, 3.63) is 0 Å². The fourth-order valence-electron chi connectivity index (χ4n) is 2.46. The SMILES string of the molecule is O=C(NCCC1CCNC1)C1CCSCC1. The lowest BCUT2D eigenvalue weighted by molar-refractivity contribution is -0.125. The molecule has 0 aromatic heterocycles. The lowest BCUT2D eigenvalue weighted by Gasteiger charge is -2.20. The van der Waals surface area contributed by atoms with Crippen molar-refractivity contribution in [2.75, 3.05) is 31.1 Å². The van der Waals surface area contributed by atoms with Crippen molar-refractivity contribution in [3.8, 4) is 0 Å². The van der Waals surface area contributed by atoms with E-state index in [1.165, 1.54) is 6.42 Å². The van der Waals surface area contributed by atoms with Crippen LogP contribution in [0.1, 0.15) is 25.7 Å². The Morgan fingerprint density at radius 1 is 1.31 bits per heavy atom. The Labute approximate surface area is 102 Å². The monoisotopic (exact) mass is 242 g/mol. The van der Waals surface area contributed by atoms with Crippen LogP contribution in [0.2, 0.25) is 0 Å². The molecular weight excluding hydrogens is 220 g/mol. The molecule has 0 aromatic carbocycles. The Balaban J connectivity index is 1.59. The summed E-state index contributed by atoms with van der Waals surface area (Å²) in [5.74, 6) is 3.69. The van der Waals surface area contributed by atoms with E-state index >= 15 is 0 Å². The second-order valence-electron chi connectivity index (χ2n) is 4.83. The third-order valence-corrected chi connectivity index (χ3v) is 4.66. The highest BCUT2D eigenvalue weighted by Crippen LogP contribution is 2.22. The van der Waals surface area contributed by atoms with E-state index in [2.05, 4.69) is 10.6 Å². The molecule has 1 unspecified atom stereocenters. The molecule has 2 aliphatic heterocycles. The smallest absolute Gasteiger partial charge is 0.223 e. The second kappa shape index (κ2) is 6.50. The summed E-state index contributed by atoms with van der Waals surface area (Å²) in [6.45, 7) is 3.16. The van der Waals surface area contributed by atoms with Crippen LogP contribution in [0.5, 0.6) is 0 Å². The van der Waals surface area contributed by atoms with Gasteiger partial charge in [-0.15, -0.1) is 0 Å². The molecule has 0 aliphatic carbocycles. The summed E-state index contributed by atoms with van der Waals surface area (Å²) in [6, 6.07) is 0. The molecule has 2 rings (SSSR count). The molecule has 2 saturated heterocycles. The Bertz CT molecular complexity index is 223. The molecule has 1 atom stereocenters. The predicted octanol–water partition coefficient (Wildman–Crippen LogP) is 1.25. The molecule has 16 heavy (non-hydrogen) atoms. The molecule has 2 fully saturated rings. The van der Waals surface area contributed by atoms with Gasteiger partial charge >= 0.3 is 0 Å². The summed E-state index contributed by atoms with van der Waals surface area (Å²) in [6.07, 6.45) is 4.55. The lowest BCUT2D eigenvalue weighted by Crippen LogP contribution is -2.34. The minimum atomic E-state index is 0.294. The van der Waals surface area contributed by atoms with Crippen LogP contribution in [0.25, 0.3) is 0 Å². The van der Waals surface area contributed by atoms with E-state index in [1.54, 1.807) is 0 Å². The molecule has 92 valence electrons. The predicted molar refractivity (Wildman–Crippen MR) is 68.7 cm³/mol. The second-order valence-corrected chi connectivity index (χ2v) is 6.05. The van der Waals surface area contributed by atoms with Gasteiger partial charge in [0, 0.05) is 12.5 Å². The zero-order valence-electron chi connectivity index (χ0n) is 9.84. The number of amides is 1. The summed E-state index contributed by atoms with van der Waals surface area (Å²) in [7, 11) is 0. The molecular formula is C12H22N2OS. The van der Waals surface area contributed by atoms with E-state index in [0.29, 0.717) is 11.8 Å². The molecule has 2 aliphatic rings. The van der Waals surface area contributed by atoms with E-state index in [1.807, 2.05) is 11.8 Å². The highest BCUT2D eigenvalue weighted by atomic mass is 32.2. The molecule has 0 aromatic rings. The summed E-state index contributed by atoms with van der Waals surface area (Å²) in [4.78, 5) is 11.8. The van der Waals surface area contributed by atoms with E-state index in [9.17, 15) is 4.79 Å². The average molecular weight is 242 g/mol. The summed E-state index contributed by atoms with van der Waals surface area (Å²) in [5, 5.41) is 6.46. The average Bonchev–Trinajstić information content (AvgIpc) is 2.83. The molecule has 2 heterocycles. The van der Waals surface area contributed by atoms with Crippen molar-refractivity contribution in [1.82, 2.24) is 10.6 Å². The van der Waals surface area contributed by atoms with Gasteiger partial charge in [0.1, 0.15) is 0 Å². The van der Waals surface area contributed by atoms with Gasteiger partial charge < -0.3 is 10.6 Å². The van der Waals surface area contributed by atoms with Crippen molar-refractivity contribution in [2.45, 2.75) is 25.7 Å². The first kappa shape index (κ1) is 12.2. The van der Waals surface area contributed by atoms with Crippen LogP contribution in [0.15, 0.2) is 0 Å². The minimum Gasteiger partial charge on any atom is -0.356 e. The van der Waals surface area contributed by atoms with Crippen molar-refractivity contribution in [3.63, 3.8) is 0 Å². The number of rotatable bonds is 4. The first-order chi connectivity index (χ1) is 7.86. The van der Waals surface area contributed by atoms with Crippen molar-refractivity contribution < 1.29 is 4.79 Å². The highest BCUT2D eigenvalue weighted by Gasteiger charge is 2.21. The number of carbonyl (C=O) groups excluding carboxylic acids is 1. The fraction of sp³-hybridized carbons (Fsp3) is 0.917. The fourth-order valence-corrected chi connectivity index (χ4v) is 3.57. The summed E-state index contributed by atoms with van der Waals surface area (Å²) >= 11 is 1.97. The molecule has 0 radical (unpaired) electrons. The zero-order valence-corrected chi connectivity index (χ0v) is 10.7. The quantitative estimate of drug-likeness (QED) is 0.779. The molecule has 3 nitrogen and oxygen atoms in total. The van der Waals surface area contributed by atoms with Gasteiger partial charge in [0.05, 0.1) is 0 Å². The zero-order chi connectivity index (χ0) is 11.2. The third kappa shape index (κ3) is 3.67. The normalized spacial score (nSPS) is 26.9. The number of hydrogen-bond donors (Lipinski definition) is 2. The number of nitrogens with one attached hydrogen (secondary N) is 2. The lowest BCUT2D eigenvalue weighted by atomic mass is 10.0. The third-order valence-electron chi connectivity index (χ3n) is 3.61. The van der Waals surface area contributed by atoms with E-state index < -0.39 is 0 Å². The molecule has 2 N–H and O–H groups in total. The first-order valence-corrected chi connectivity index (χ1v) is 7.58. The maximum atomic E-state index is 11.8. The van der Waals surface area contributed by atoms with Crippen LogP contribution in [0, 0.1) is 11.8 Å². The molecule has 1 amide bonds. The van der Waals surface area contributed by atoms with Crippen LogP contribution in [-0.2, 0) is 4.79 Å². The van der Waals surface area contributed by atoms with Gasteiger partial charge in [-0.2, -0.15) is 11.8 Å². The van der Waals surface area contributed by atoms with Crippen molar-refractivity contribution >= 4 is 17.7 Å². The van der Waals surface area contributed by atoms with Gasteiger partial charge in [-0.05, 0) is 56.2 Å². The Kier molecular flexibility index (Phi) is 4.97.